The van der Waals surface area contributed by atoms with Crippen LogP contribution in [-0.4, -0.2) is 81.0 Å². The van der Waals surface area contributed by atoms with Gasteiger partial charge in [-0.2, -0.15) is 0 Å². The number of unbranched alkanes of at least 4 members (excludes halogenated alkanes) is 1. The van der Waals surface area contributed by atoms with Crippen molar-refractivity contribution in [3.05, 3.63) is 0 Å². The summed E-state index contributed by atoms with van der Waals surface area (Å²) in [5.41, 5.74) is 16.1. The van der Waals surface area contributed by atoms with Gasteiger partial charge in [0.15, 0.2) is 0 Å². The van der Waals surface area contributed by atoms with Crippen molar-refractivity contribution in [3.63, 3.8) is 0 Å². The van der Waals surface area contributed by atoms with Crippen molar-refractivity contribution >= 4 is 17.7 Å². The summed E-state index contributed by atoms with van der Waals surface area (Å²) < 4.78 is 10.3. The van der Waals surface area contributed by atoms with Gasteiger partial charge in [-0.1, -0.05) is 6.42 Å². The minimum atomic E-state index is -1.13. The first-order chi connectivity index (χ1) is 12.4. The van der Waals surface area contributed by atoms with Crippen LogP contribution in [0.3, 0.4) is 0 Å². The molecule has 0 heterocycles. The van der Waals surface area contributed by atoms with Crippen molar-refractivity contribution in [1.82, 2.24) is 10.6 Å². The van der Waals surface area contributed by atoms with Gasteiger partial charge in [0.2, 0.25) is 17.7 Å². The zero-order valence-electron chi connectivity index (χ0n) is 14.9. The molecule has 11 nitrogen and oxygen atoms in total. The fourth-order valence-electron chi connectivity index (χ4n) is 1.84. The molecule has 26 heavy (non-hydrogen) atoms. The van der Waals surface area contributed by atoms with Gasteiger partial charge < -0.3 is 42.4 Å². The van der Waals surface area contributed by atoms with E-state index < -0.39 is 30.5 Å². The SMILES string of the molecule is NCCCC[C@H](N)C(=O)NCCOCCOCC(=O)N[C@@H](CO)C(N)=O. The number of aliphatic hydroxyl groups is 1. The van der Waals surface area contributed by atoms with Crippen molar-refractivity contribution in [2.75, 3.05) is 46.1 Å². The van der Waals surface area contributed by atoms with E-state index in [1.54, 1.807) is 0 Å². The first kappa shape index (κ1) is 24.2. The van der Waals surface area contributed by atoms with Crippen LogP contribution in [0.1, 0.15) is 19.3 Å². The van der Waals surface area contributed by atoms with Gasteiger partial charge in [0.1, 0.15) is 12.6 Å². The third-order valence-electron chi connectivity index (χ3n) is 3.32. The van der Waals surface area contributed by atoms with E-state index in [1.165, 1.54) is 0 Å². The van der Waals surface area contributed by atoms with Crippen LogP contribution < -0.4 is 27.8 Å². The average Bonchev–Trinajstić information content (AvgIpc) is 2.61. The lowest BCUT2D eigenvalue weighted by molar-refractivity contribution is -0.131. The van der Waals surface area contributed by atoms with E-state index in [-0.39, 0.29) is 32.3 Å². The number of ether oxygens (including phenoxy) is 2. The predicted molar refractivity (Wildman–Crippen MR) is 93.7 cm³/mol. The van der Waals surface area contributed by atoms with E-state index in [1.807, 2.05) is 0 Å². The highest BCUT2D eigenvalue weighted by Gasteiger charge is 2.16. The summed E-state index contributed by atoms with van der Waals surface area (Å²) in [7, 11) is 0. The van der Waals surface area contributed by atoms with Crippen LogP contribution in [0.15, 0.2) is 0 Å². The van der Waals surface area contributed by atoms with E-state index >= 15 is 0 Å². The van der Waals surface area contributed by atoms with E-state index in [9.17, 15) is 14.4 Å². The number of nitrogens with one attached hydrogen (secondary N) is 2. The molecule has 0 fully saturated rings. The Morgan fingerprint density at radius 3 is 2.38 bits per heavy atom. The Morgan fingerprint density at radius 2 is 1.77 bits per heavy atom. The summed E-state index contributed by atoms with van der Waals surface area (Å²) in [6.07, 6.45) is 2.24. The van der Waals surface area contributed by atoms with Gasteiger partial charge in [-0.3, -0.25) is 14.4 Å². The van der Waals surface area contributed by atoms with E-state index in [0.29, 0.717) is 19.5 Å². The van der Waals surface area contributed by atoms with Gasteiger partial charge >= 0.3 is 0 Å². The maximum absolute atomic E-state index is 11.7. The van der Waals surface area contributed by atoms with Crippen molar-refractivity contribution in [2.45, 2.75) is 31.3 Å². The maximum Gasteiger partial charge on any atom is 0.246 e. The van der Waals surface area contributed by atoms with Crippen LogP contribution in [0.25, 0.3) is 0 Å². The van der Waals surface area contributed by atoms with Gasteiger partial charge in [0.05, 0.1) is 32.5 Å². The van der Waals surface area contributed by atoms with Crippen molar-refractivity contribution < 1.29 is 29.0 Å². The van der Waals surface area contributed by atoms with Gasteiger partial charge in [0.25, 0.3) is 0 Å². The molecule has 0 bridgehead atoms. The lowest BCUT2D eigenvalue weighted by atomic mass is 10.1. The molecule has 0 saturated carbocycles. The maximum atomic E-state index is 11.7. The number of amides is 3. The highest BCUT2D eigenvalue weighted by molar-refractivity contribution is 5.87. The van der Waals surface area contributed by atoms with Gasteiger partial charge in [-0.15, -0.1) is 0 Å². The summed E-state index contributed by atoms with van der Waals surface area (Å²) in [6.45, 7) is 0.699. The highest BCUT2D eigenvalue weighted by Crippen LogP contribution is 1.97. The van der Waals surface area contributed by atoms with Crippen LogP contribution in [0.4, 0.5) is 0 Å². The molecular formula is C15H31N5O6. The fourth-order valence-corrected chi connectivity index (χ4v) is 1.84. The third kappa shape index (κ3) is 12.6. The first-order valence-electron chi connectivity index (χ1n) is 8.50. The predicted octanol–water partition coefficient (Wildman–Crippen LogP) is -3.45. The van der Waals surface area contributed by atoms with E-state index in [0.717, 1.165) is 12.8 Å². The van der Waals surface area contributed by atoms with Crippen LogP contribution in [-0.2, 0) is 23.9 Å². The third-order valence-corrected chi connectivity index (χ3v) is 3.32. The number of nitrogens with two attached hydrogens (primary N) is 3. The summed E-state index contributed by atoms with van der Waals surface area (Å²) in [5, 5.41) is 13.7. The molecule has 0 spiro atoms. The van der Waals surface area contributed by atoms with Crippen LogP contribution in [0, 0.1) is 0 Å². The van der Waals surface area contributed by atoms with Gasteiger partial charge in [-0.05, 0) is 19.4 Å². The summed E-state index contributed by atoms with van der Waals surface area (Å²) in [5.74, 6) is -1.63. The molecule has 0 aliphatic rings. The number of rotatable bonds is 16. The molecule has 3 amide bonds. The lowest BCUT2D eigenvalue weighted by Gasteiger charge is -2.13. The summed E-state index contributed by atoms with van der Waals surface area (Å²) >= 11 is 0. The average molecular weight is 377 g/mol. The van der Waals surface area contributed by atoms with E-state index in [2.05, 4.69) is 10.6 Å². The topological polar surface area (TPSA) is 192 Å². The fraction of sp³-hybridized carbons (Fsp3) is 0.800. The number of carbonyl (C=O) groups excluding carboxylic acids is 3. The second-order valence-electron chi connectivity index (χ2n) is 5.55. The Balaban J connectivity index is 3.57. The number of hydrogen-bond acceptors (Lipinski definition) is 8. The molecule has 0 saturated heterocycles. The molecule has 0 unspecified atom stereocenters. The van der Waals surface area contributed by atoms with Crippen molar-refractivity contribution in [2.24, 2.45) is 17.2 Å². The van der Waals surface area contributed by atoms with Crippen molar-refractivity contribution in [3.8, 4) is 0 Å². The number of carbonyl (C=O) groups is 3. The molecule has 0 aromatic carbocycles. The number of aliphatic hydroxyl groups excluding tert-OH is 1. The molecule has 152 valence electrons. The van der Waals surface area contributed by atoms with E-state index in [4.69, 9.17) is 31.8 Å². The van der Waals surface area contributed by atoms with Gasteiger partial charge in [0, 0.05) is 6.54 Å². The normalized spacial score (nSPS) is 13.0. The van der Waals surface area contributed by atoms with Crippen LogP contribution in [0.2, 0.25) is 0 Å². The molecule has 0 aliphatic heterocycles. The zero-order chi connectivity index (χ0) is 19.8. The Morgan fingerprint density at radius 1 is 1.08 bits per heavy atom. The van der Waals surface area contributed by atoms with Crippen LogP contribution >= 0.6 is 0 Å². The van der Waals surface area contributed by atoms with Crippen molar-refractivity contribution in [1.29, 1.82) is 0 Å². The molecular weight excluding hydrogens is 346 g/mol. The number of hydrogen-bond donors (Lipinski definition) is 6. The minimum absolute atomic E-state index is 0.153. The Labute approximate surface area is 152 Å². The Kier molecular flexibility index (Phi) is 14.4. The quantitative estimate of drug-likeness (QED) is 0.149. The lowest BCUT2D eigenvalue weighted by Crippen LogP contribution is -2.48. The molecule has 0 aromatic heterocycles. The zero-order valence-corrected chi connectivity index (χ0v) is 14.9. The summed E-state index contributed by atoms with van der Waals surface area (Å²) in [6, 6.07) is -1.68. The molecule has 0 rings (SSSR count). The molecule has 2 atom stereocenters. The first-order valence-corrected chi connectivity index (χ1v) is 8.50. The smallest absolute Gasteiger partial charge is 0.246 e. The highest BCUT2D eigenvalue weighted by atomic mass is 16.5. The second-order valence-corrected chi connectivity index (χ2v) is 5.55. The van der Waals surface area contributed by atoms with Crippen LogP contribution in [0.5, 0.6) is 0 Å². The molecule has 0 radical (unpaired) electrons. The molecule has 0 aromatic rings. The second kappa shape index (κ2) is 15.5. The standard InChI is InChI=1S/C15H31N5O6/c16-4-2-1-3-11(17)15(24)19-5-6-25-7-8-26-10-13(22)20-12(9-21)14(18)23/h11-12,21H,1-10,16-17H2,(H2,18,23)(H,19,24)(H,20,22)/t11-,12-/m0/s1. The number of primary amides is 1. The Bertz CT molecular complexity index is 423. The Hall–Kier alpha value is -1.79. The monoisotopic (exact) mass is 377 g/mol. The molecule has 11 heteroatoms. The summed E-state index contributed by atoms with van der Waals surface area (Å²) in [4.78, 5) is 33.9. The largest absolute Gasteiger partial charge is 0.394 e. The molecule has 0 aliphatic carbocycles. The van der Waals surface area contributed by atoms with Gasteiger partial charge in [-0.25, -0.2) is 0 Å². The minimum Gasteiger partial charge on any atom is -0.394 e. The molecule has 9 N–H and O–H groups in total.